The Balaban J connectivity index is 1.74. The molecule has 6 nitrogen and oxygen atoms in total. The predicted octanol–water partition coefficient (Wildman–Crippen LogP) is 1.65. The van der Waals surface area contributed by atoms with Crippen molar-refractivity contribution < 1.29 is 14.3 Å². The topological polar surface area (TPSA) is 70.7 Å². The molecule has 22 heavy (non-hydrogen) atoms. The van der Waals surface area contributed by atoms with Crippen LogP contribution in [-0.4, -0.2) is 38.7 Å². The Hall–Kier alpha value is -2.08. The number of nitrogens with one attached hydrogen (secondary N) is 2. The number of methoxy groups -OCH3 is 1. The van der Waals surface area contributed by atoms with E-state index in [1.54, 1.807) is 12.0 Å². The Kier molecular flexibility index (Phi) is 6.21. The Labute approximate surface area is 130 Å². The van der Waals surface area contributed by atoms with Crippen molar-refractivity contribution in [3.63, 3.8) is 0 Å². The second-order valence-corrected chi connectivity index (χ2v) is 5.27. The van der Waals surface area contributed by atoms with Gasteiger partial charge in [-0.3, -0.25) is 4.79 Å². The van der Waals surface area contributed by atoms with Gasteiger partial charge in [-0.05, 0) is 30.5 Å². The summed E-state index contributed by atoms with van der Waals surface area (Å²) in [4.78, 5) is 25.1. The zero-order valence-corrected chi connectivity index (χ0v) is 12.9. The predicted molar refractivity (Wildman–Crippen MR) is 84.8 cm³/mol. The van der Waals surface area contributed by atoms with Crippen LogP contribution in [0.15, 0.2) is 24.3 Å². The van der Waals surface area contributed by atoms with Crippen LogP contribution in [0.5, 0.6) is 0 Å². The number of anilines is 1. The van der Waals surface area contributed by atoms with Gasteiger partial charge in [-0.15, -0.1) is 0 Å². The summed E-state index contributed by atoms with van der Waals surface area (Å²) in [7, 11) is 1.64. The molecule has 0 saturated carbocycles. The molecule has 1 aliphatic rings. The lowest BCUT2D eigenvalue weighted by molar-refractivity contribution is -0.117. The van der Waals surface area contributed by atoms with Gasteiger partial charge in [-0.2, -0.15) is 0 Å². The van der Waals surface area contributed by atoms with Crippen LogP contribution in [0.25, 0.3) is 0 Å². The average Bonchev–Trinajstić information content (AvgIpc) is 2.96. The van der Waals surface area contributed by atoms with Gasteiger partial charge in [0.1, 0.15) is 0 Å². The van der Waals surface area contributed by atoms with Gasteiger partial charge in [0.15, 0.2) is 0 Å². The van der Waals surface area contributed by atoms with Crippen molar-refractivity contribution in [2.45, 2.75) is 25.8 Å². The number of ether oxygens (including phenoxy) is 1. The Morgan fingerprint density at radius 2 is 2.05 bits per heavy atom. The molecule has 3 amide bonds. The molecule has 6 heteroatoms. The standard InChI is InChI=1S/C16H23N3O3/c1-22-11-3-9-17-16(21)18-12-13-5-7-14(8-6-13)19-10-2-4-15(19)20/h5-8H,2-4,9-12H2,1H3,(H2,17,18,21). The number of nitrogens with zero attached hydrogens (tertiary/aromatic N) is 1. The number of amides is 3. The van der Waals surface area contributed by atoms with Crippen molar-refractivity contribution in [1.82, 2.24) is 10.6 Å². The van der Waals surface area contributed by atoms with Crippen LogP contribution in [0.2, 0.25) is 0 Å². The highest BCUT2D eigenvalue weighted by Gasteiger charge is 2.21. The summed E-state index contributed by atoms with van der Waals surface area (Å²) >= 11 is 0. The fraction of sp³-hybridized carbons (Fsp3) is 0.500. The van der Waals surface area contributed by atoms with Crippen LogP contribution in [0.4, 0.5) is 10.5 Å². The third kappa shape index (κ3) is 4.73. The second-order valence-electron chi connectivity index (χ2n) is 5.27. The number of urea groups is 1. The van der Waals surface area contributed by atoms with E-state index in [1.165, 1.54) is 0 Å². The first-order valence-electron chi connectivity index (χ1n) is 7.60. The van der Waals surface area contributed by atoms with E-state index in [0.717, 1.165) is 30.6 Å². The van der Waals surface area contributed by atoms with Gasteiger partial charge in [-0.1, -0.05) is 12.1 Å². The summed E-state index contributed by atoms with van der Waals surface area (Å²) in [5.74, 6) is 0.182. The van der Waals surface area contributed by atoms with Gasteiger partial charge in [0, 0.05) is 45.5 Å². The van der Waals surface area contributed by atoms with Gasteiger partial charge in [-0.25, -0.2) is 4.79 Å². The maximum Gasteiger partial charge on any atom is 0.315 e. The first-order valence-corrected chi connectivity index (χ1v) is 7.60. The lowest BCUT2D eigenvalue weighted by Gasteiger charge is -2.16. The van der Waals surface area contributed by atoms with E-state index in [2.05, 4.69) is 10.6 Å². The Morgan fingerprint density at radius 1 is 1.27 bits per heavy atom. The summed E-state index contributed by atoms with van der Waals surface area (Å²) < 4.78 is 4.91. The Bertz CT molecular complexity index is 502. The largest absolute Gasteiger partial charge is 0.385 e. The number of rotatable bonds is 7. The fourth-order valence-corrected chi connectivity index (χ4v) is 2.38. The van der Waals surface area contributed by atoms with Crippen LogP contribution in [-0.2, 0) is 16.1 Å². The molecule has 1 saturated heterocycles. The van der Waals surface area contributed by atoms with Crippen molar-refractivity contribution in [1.29, 1.82) is 0 Å². The fourth-order valence-electron chi connectivity index (χ4n) is 2.38. The molecular formula is C16H23N3O3. The second kappa shape index (κ2) is 8.38. The van der Waals surface area contributed by atoms with Crippen molar-refractivity contribution >= 4 is 17.6 Å². The van der Waals surface area contributed by atoms with Gasteiger partial charge in [0.2, 0.25) is 5.91 Å². The molecule has 0 unspecified atom stereocenters. The smallest absolute Gasteiger partial charge is 0.315 e. The van der Waals surface area contributed by atoms with Crippen molar-refractivity contribution in [2.24, 2.45) is 0 Å². The van der Waals surface area contributed by atoms with E-state index in [4.69, 9.17) is 4.74 Å². The zero-order valence-electron chi connectivity index (χ0n) is 12.9. The molecule has 0 bridgehead atoms. The molecule has 0 aliphatic carbocycles. The van der Waals surface area contributed by atoms with E-state index < -0.39 is 0 Å². The van der Waals surface area contributed by atoms with Crippen LogP contribution in [0.1, 0.15) is 24.8 Å². The van der Waals surface area contributed by atoms with E-state index in [9.17, 15) is 9.59 Å². The third-order valence-electron chi connectivity index (χ3n) is 3.59. The molecule has 1 aliphatic heterocycles. The maximum atomic E-state index is 11.7. The first kappa shape index (κ1) is 16.3. The molecule has 2 N–H and O–H groups in total. The molecule has 0 atom stereocenters. The summed E-state index contributed by atoms with van der Waals surface area (Å²) in [6, 6.07) is 7.54. The molecule has 2 rings (SSSR count). The molecule has 0 radical (unpaired) electrons. The van der Waals surface area contributed by atoms with Crippen molar-refractivity contribution in [2.75, 3.05) is 31.7 Å². The molecular weight excluding hydrogens is 282 g/mol. The minimum Gasteiger partial charge on any atom is -0.385 e. The normalized spacial score (nSPS) is 14.2. The molecule has 1 heterocycles. The van der Waals surface area contributed by atoms with Gasteiger partial charge < -0.3 is 20.3 Å². The number of benzene rings is 1. The van der Waals surface area contributed by atoms with Gasteiger partial charge in [0.25, 0.3) is 0 Å². The summed E-state index contributed by atoms with van der Waals surface area (Å²) in [5.41, 5.74) is 1.93. The minimum atomic E-state index is -0.185. The van der Waals surface area contributed by atoms with Crippen molar-refractivity contribution in [3.8, 4) is 0 Å². The summed E-state index contributed by atoms with van der Waals surface area (Å²) in [5, 5.41) is 5.57. The molecule has 0 aromatic heterocycles. The molecule has 0 spiro atoms. The first-order chi connectivity index (χ1) is 10.7. The monoisotopic (exact) mass is 305 g/mol. The molecule has 120 valence electrons. The highest BCUT2D eigenvalue weighted by atomic mass is 16.5. The number of hydrogen-bond acceptors (Lipinski definition) is 3. The average molecular weight is 305 g/mol. The van der Waals surface area contributed by atoms with Crippen LogP contribution in [0, 0.1) is 0 Å². The lowest BCUT2D eigenvalue weighted by Crippen LogP contribution is -2.35. The molecule has 1 aromatic rings. The third-order valence-corrected chi connectivity index (χ3v) is 3.59. The van der Waals surface area contributed by atoms with E-state index in [1.807, 2.05) is 24.3 Å². The maximum absolute atomic E-state index is 11.7. The van der Waals surface area contributed by atoms with Crippen LogP contribution in [0.3, 0.4) is 0 Å². The highest BCUT2D eigenvalue weighted by molar-refractivity contribution is 5.95. The van der Waals surface area contributed by atoms with Crippen LogP contribution < -0.4 is 15.5 Å². The quantitative estimate of drug-likeness (QED) is 0.753. The van der Waals surface area contributed by atoms with E-state index in [-0.39, 0.29) is 11.9 Å². The van der Waals surface area contributed by atoms with Crippen molar-refractivity contribution in [3.05, 3.63) is 29.8 Å². The van der Waals surface area contributed by atoms with Gasteiger partial charge in [0.05, 0.1) is 0 Å². The minimum absolute atomic E-state index is 0.182. The molecule has 1 aromatic carbocycles. The Morgan fingerprint density at radius 3 is 2.68 bits per heavy atom. The number of hydrogen-bond donors (Lipinski definition) is 2. The van der Waals surface area contributed by atoms with Crippen LogP contribution >= 0.6 is 0 Å². The van der Waals surface area contributed by atoms with Gasteiger partial charge >= 0.3 is 6.03 Å². The number of carbonyl (C=O) groups is 2. The zero-order chi connectivity index (χ0) is 15.8. The SMILES string of the molecule is COCCCNC(=O)NCc1ccc(N2CCCC2=O)cc1. The molecule has 1 fully saturated rings. The van der Waals surface area contributed by atoms with E-state index in [0.29, 0.717) is 26.1 Å². The number of carbonyl (C=O) groups excluding carboxylic acids is 2. The lowest BCUT2D eigenvalue weighted by atomic mass is 10.2. The highest BCUT2D eigenvalue weighted by Crippen LogP contribution is 2.21. The van der Waals surface area contributed by atoms with E-state index >= 15 is 0 Å². The summed E-state index contributed by atoms with van der Waals surface area (Å²) in [6.07, 6.45) is 2.35. The summed E-state index contributed by atoms with van der Waals surface area (Å²) in [6.45, 7) is 2.48.